The Morgan fingerprint density at radius 3 is 2.78 bits per heavy atom. The molecule has 0 amide bonds. The predicted molar refractivity (Wildman–Crippen MR) is 74.1 cm³/mol. The molecule has 0 spiro atoms. The number of hydrogen-bond donors (Lipinski definition) is 1. The summed E-state index contributed by atoms with van der Waals surface area (Å²) in [5.41, 5.74) is 1.14. The lowest BCUT2D eigenvalue weighted by molar-refractivity contribution is 0.0920. The van der Waals surface area contributed by atoms with Gasteiger partial charge in [-0.1, -0.05) is 28.1 Å². The highest BCUT2D eigenvalue weighted by atomic mass is 79.9. The molecule has 0 saturated carbocycles. The third kappa shape index (κ3) is 3.98. The molecule has 1 heterocycles. The molecule has 0 radical (unpaired) electrons. The molecule has 4 heteroatoms. The summed E-state index contributed by atoms with van der Waals surface area (Å²) in [7, 11) is 1.89. The molecule has 0 aliphatic rings. The summed E-state index contributed by atoms with van der Waals surface area (Å²) in [5.74, 6) is 1.79. The fraction of sp³-hybridized carbons (Fsp3) is 0.286. The summed E-state index contributed by atoms with van der Waals surface area (Å²) in [4.78, 5) is 0. The van der Waals surface area contributed by atoms with Crippen molar-refractivity contribution < 1.29 is 9.15 Å². The lowest BCUT2D eigenvalue weighted by Crippen LogP contribution is -2.03. The van der Waals surface area contributed by atoms with Crippen LogP contribution in [0.2, 0.25) is 0 Å². The molecule has 0 bridgehead atoms. The molecule has 2 rings (SSSR count). The van der Waals surface area contributed by atoms with Gasteiger partial charge in [0.2, 0.25) is 0 Å². The van der Waals surface area contributed by atoms with E-state index in [9.17, 15) is 0 Å². The predicted octanol–water partition coefficient (Wildman–Crippen LogP) is 3.48. The summed E-state index contributed by atoms with van der Waals surface area (Å²) >= 11 is 3.44. The van der Waals surface area contributed by atoms with Gasteiger partial charge in [0.15, 0.2) is 0 Å². The van der Waals surface area contributed by atoms with E-state index in [0.29, 0.717) is 13.2 Å². The van der Waals surface area contributed by atoms with Gasteiger partial charge in [0.05, 0.1) is 13.2 Å². The summed E-state index contributed by atoms with van der Waals surface area (Å²) in [6, 6.07) is 12.0. The number of ether oxygens (including phenoxy) is 1. The second-order valence-electron chi connectivity index (χ2n) is 4.02. The van der Waals surface area contributed by atoms with E-state index >= 15 is 0 Å². The minimum Gasteiger partial charge on any atom is -0.462 e. The first-order chi connectivity index (χ1) is 8.78. The van der Waals surface area contributed by atoms with Crippen LogP contribution in [0.15, 0.2) is 45.3 Å². The van der Waals surface area contributed by atoms with E-state index in [0.717, 1.165) is 28.1 Å². The van der Waals surface area contributed by atoms with Crippen molar-refractivity contribution in [1.82, 2.24) is 5.32 Å². The first kappa shape index (κ1) is 13.3. The Bertz CT molecular complexity index is 496. The largest absolute Gasteiger partial charge is 0.462 e. The highest BCUT2D eigenvalue weighted by Crippen LogP contribution is 2.14. The molecular formula is C14H16BrNO2. The smallest absolute Gasteiger partial charge is 0.129 e. The minimum absolute atomic E-state index is 0.496. The van der Waals surface area contributed by atoms with Crippen LogP contribution in [-0.4, -0.2) is 7.05 Å². The third-order valence-corrected chi connectivity index (χ3v) is 2.96. The van der Waals surface area contributed by atoms with E-state index in [4.69, 9.17) is 9.15 Å². The lowest BCUT2D eigenvalue weighted by atomic mass is 10.2. The van der Waals surface area contributed by atoms with Crippen molar-refractivity contribution >= 4 is 15.9 Å². The molecule has 18 heavy (non-hydrogen) atoms. The van der Waals surface area contributed by atoms with Crippen LogP contribution >= 0.6 is 15.9 Å². The number of benzene rings is 1. The summed E-state index contributed by atoms with van der Waals surface area (Å²) in [6.45, 7) is 1.82. The second kappa shape index (κ2) is 6.73. The molecule has 0 saturated heterocycles. The van der Waals surface area contributed by atoms with E-state index in [-0.39, 0.29) is 0 Å². The molecule has 0 aliphatic carbocycles. The molecule has 1 aromatic heterocycles. The first-order valence-corrected chi connectivity index (χ1v) is 6.61. The molecule has 0 unspecified atom stereocenters. The van der Waals surface area contributed by atoms with Crippen LogP contribution < -0.4 is 5.32 Å². The SMILES string of the molecule is CNCc1ccc(COCc2cccc(Br)c2)o1. The molecule has 1 N–H and O–H groups in total. The highest BCUT2D eigenvalue weighted by molar-refractivity contribution is 9.10. The minimum atomic E-state index is 0.496. The maximum Gasteiger partial charge on any atom is 0.129 e. The first-order valence-electron chi connectivity index (χ1n) is 5.82. The van der Waals surface area contributed by atoms with E-state index in [1.165, 1.54) is 0 Å². The molecule has 96 valence electrons. The zero-order valence-electron chi connectivity index (χ0n) is 10.3. The van der Waals surface area contributed by atoms with Crippen molar-refractivity contribution in [1.29, 1.82) is 0 Å². The zero-order valence-corrected chi connectivity index (χ0v) is 11.9. The summed E-state index contributed by atoms with van der Waals surface area (Å²) < 4.78 is 12.3. The van der Waals surface area contributed by atoms with Crippen molar-refractivity contribution in [3.63, 3.8) is 0 Å². The van der Waals surface area contributed by atoms with E-state index in [2.05, 4.69) is 27.3 Å². The van der Waals surface area contributed by atoms with Gasteiger partial charge < -0.3 is 14.5 Å². The number of furan rings is 1. The van der Waals surface area contributed by atoms with Gasteiger partial charge in [0.1, 0.15) is 18.1 Å². The molecule has 3 nitrogen and oxygen atoms in total. The Hall–Kier alpha value is -1.10. The number of rotatable bonds is 6. The fourth-order valence-electron chi connectivity index (χ4n) is 1.67. The van der Waals surface area contributed by atoms with Crippen LogP contribution in [0.5, 0.6) is 0 Å². The van der Waals surface area contributed by atoms with Gasteiger partial charge >= 0.3 is 0 Å². The number of nitrogens with one attached hydrogen (secondary N) is 1. The van der Waals surface area contributed by atoms with Gasteiger partial charge in [0.25, 0.3) is 0 Å². The fourth-order valence-corrected chi connectivity index (χ4v) is 2.11. The average molecular weight is 310 g/mol. The van der Waals surface area contributed by atoms with Crippen LogP contribution in [0.4, 0.5) is 0 Å². The Labute approximate surface area is 115 Å². The van der Waals surface area contributed by atoms with Gasteiger partial charge in [-0.05, 0) is 36.9 Å². The monoisotopic (exact) mass is 309 g/mol. The van der Waals surface area contributed by atoms with Crippen LogP contribution in [-0.2, 0) is 24.5 Å². The zero-order chi connectivity index (χ0) is 12.8. The Kier molecular flexibility index (Phi) is 4.99. The van der Waals surface area contributed by atoms with E-state index < -0.39 is 0 Å². The Morgan fingerprint density at radius 1 is 1.17 bits per heavy atom. The second-order valence-corrected chi connectivity index (χ2v) is 4.94. The summed E-state index contributed by atoms with van der Waals surface area (Å²) in [6.07, 6.45) is 0. The van der Waals surface area contributed by atoms with E-state index in [1.54, 1.807) is 0 Å². The van der Waals surface area contributed by atoms with Gasteiger partial charge in [-0.25, -0.2) is 0 Å². The van der Waals surface area contributed by atoms with Crippen LogP contribution in [0, 0.1) is 0 Å². The van der Waals surface area contributed by atoms with Crippen molar-refractivity contribution in [2.45, 2.75) is 19.8 Å². The average Bonchev–Trinajstić information content (AvgIpc) is 2.78. The van der Waals surface area contributed by atoms with Gasteiger partial charge in [-0.2, -0.15) is 0 Å². The maximum atomic E-state index is 5.62. The van der Waals surface area contributed by atoms with Crippen molar-refractivity contribution in [2.24, 2.45) is 0 Å². The summed E-state index contributed by atoms with van der Waals surface area (Å²) in [5, 5.41) is 3.05. The van der Waals surface area contributed by atoms with Crippen LogP contribution in [0.1, 0.15) is 17.1 Å². The van der Waals surface area contributed by atoms with Gasteiger partial charge in [0, 0.05) is 4.47 Å². The topological polar surface area (TPSA) is 34.4 Å². The Morgan fingerprint density at radius 2 is 2.00 bits per heavy atom. The van der Waals surface area contributed by atoms with Crippen molar-refractivity contribution in [3.8, 4) is 0 Å². The lowest BCUT2D eigenvalue weighted by Gasteiger charge is -2.03. The van der Waals surface area contributed by atoms with Gasteiger partial charge in [-0.3, -0.25) is 0 Å². The standard InChI is InChI=1S/C14H16BrNO2/c1-16-8-13-5-6-14(18-13)10-17-9-11-3-2-4-12(15)7-11/h2-7,16H,8-10H2,1H3. The number of hydrogen-bond acceptors (Lipinski definition) is 3. The normalized spacial score (nSPS) is 10.8. The molecule has 0 aliphatic heterocycles. The Balaban J connectivity index is 1.81. The molecule has 1 aromatic carbocycles. The van der Waals surface area contributed by atoms with E-state index in [1.807, 2.05) is 37.4 Å². The van der Waals surface area contributed by atoms with Crippen LogP contribution in [0.25, 0.3) is 0 Å². The highest BCUT2D eigenvalue weighted by Gasteiger charge is 2.02. The maximum absolute atomic E-state index is 5.62. The van der Waals surface area contributed by atoms with Crippen molar-refractivity contribution in [3.05, 3.63) is 58.0 Å². The van der Waals surface area contributed by atoms with Crippen molar-refractivity contribution in [2.75, 3.05) is 7.05 Å². The molecule has 0 atom stereocenters. The molecular weight excluding hydrogens is 294 g/mol. The quantitative estimate of drug-likeness (QED) is 0.887. The third-order valence-electron chi connectivity index (χ3n) is 2.47. The van der Waals surface area contributed by atoms with Gasteiger partial charge in [-0.15, -0.1) is 0 Å². The molecule has 0 fully saturated rings. The van der Waals surface area contributed by atoms with Crippen LogP contribution in [0.3, 0.4) is 0 Å². The number of halogens is 1. The molecule has 2 aromatic rings.